The van der Waals surface area contributed by atoms with Gasteiger partial charge in [-0.05, 0) is 40.5 Å². The first-order valence-corrected chi connectivity index (χ1v) is 8.05. The fraction of sp³-hybridized carbons (Fsp3) is 0.875. The minimum Gasteiger partial charge on any atom is -0.444 e. The van der Waals surface area contributed by atoms with E-state index in [1.54, 1.807) is 11.9 Å². The Kier molecular flexibility index (Phi) is 12.5. The number of ether oxygens (including phenoxy) is 1. The summed E-state index contributed by atoms with van der Waals surface area (Å²) in [6, 6.07) is 0.335. The molecule has 23 heavy (non-hydrogen) atoms. The molecule has 0 saturated heterocycles. The topological polar surface area (TPSA) is 66.0 Å². The summed E-state index contributed by atoms with van der Waals surface area (Å²) < 4.78 is 5.31. The van der Waals surface area contributed by atoms with Crippen molar-refractivity contribution in [1.82, 2.24) is 15.5 Å². The fourth-order valence-corrected chi connectivity index (χ4v) is 1.45. The Morgan fingerprint density at radius 3 is 2.26 bits per heavy atom. The van der Waals surface area contributed by atoms with Gasteiger partial charge in [0, 0.05) is 26.2 Å². The van der Waals surface area contributed by atoms with Crippen LogP contribution in [0.1, 0.15) is 48.5 Å². The Morgan fingerprint density at radius 2 is 1.83 bits per heavy atom. The average molecular weight is 442 g/mol. The highest BCUT2D eigenvalue weighted by molar-refractivity contribution is 14.0. The first-order valence-electron chi connectivity index (χ1n) is 8.05. The van der Waals surface area contributed by atoms with Crippen molar-refractivity contribution in [3.8, 4) is 0 Å². The molecule has 1 amide bonds. The van der Waals surface area contributed by atoms with E-state index in [9.17, 15) is 4.79 Å². The average Bonchev–Trinajstić information content (AvgIpc) is 2.36. The van der Waals surface area contributed by atoms with Gasteiger partial charge in [0.15, 0.2) is 5.96 Å². The van der Waals surface area contributed by atoms with E-state index in [1.165, 1.54) is 0 Å². The van der Waals surface area contributed by atoms with Crippen LogP contribution < -0.4 is 10.6 Å². The molecule has 0 fully saturated rings. The maximum absolute atomic E-state index is 11.9. The number of nitrogens with one attached hydrogen (secondary N) is 2. The van der Waals surface area contributed by atoms with Crippen LogP contribution in [0.25, 0.3) is 0 Å². The van der Waals surface area contributed by atoms with Gasteiger partial charge in [-0.1, -0.05) is 13.8 Å². The molecule has 138 valence electrons. The van der Waals surface area contributed by atoms with Crippen molar-refractivity contribution >= 4 is 36.0 Å². The minimum atomic E-state index is -0.474. The fourth-order valence-electron chi connectivity index (χ4n) is 1.45. The van der Waals surface area contributed by atoms with Gasteiger partial charge < -0.3 is 20.3 Å². The molecular formula is C16H35IN4O2. The summed E-state index contributed by atoms with van der Waals surface area (Å²) in [7, 11) is 1.72. The number of halogens is 1. The van der Waals surface area contributed by atoms with Crippen molar-refractivity contribution in [2.45, 2.75) is 60.1 Å². The van der Waals surface area contributed by atoms with E-state index in [2.05, 4.69) is 36.4 Å². The lowest BCUT2D eigenvalue weighted by Gasteiger charge is -2.24. The highest BCUT2D eigenvalue weighted by Crippen LogP contribution is 2.08. The van der Waals surface area contributed by atoms with Gasteiger partial charge in [0.1, 0.15) is 5.60 Å². The van der Waals surface area contributed by atoms with Gasteiger partial charge in [0.25, 0.3) is 0 Å². The standard InChI is InChI=1S/C16H34N4O2.HI/c1-9-17-14(19-13(4)12(2)3)18-10-11-20(8)15(21)22-16(5,6)7;/h12-13H,9-11H2,1-8H3,(H2,17,18,19);1H. The molecule has 0 aliphatic rings. The van der Waals surface area contributed by atoms with Crippen LogP contribution >= 0.6 is 24.0 Å². The number of carbonyl (C=O) groups excluding carboxylic acids is 1. The summed E-state index contributed by atoms with van der Waals surface area (Å²) >= 11 is 0. The van der Waals surface area contributed by atoms with Crippen molar-refractivity contribution in [3.63, 3.8) is 0 Å². The molecule has 0 spiro atoms. The lowest BCUT2D eigenvalue weighted by molar-refractivity contribution is 0.0304. The predicted octanol–water partition coefficient (Wildman–Crippen LogP) is 3.07. The number of rotatable bonds is 6. The van der Waals surface area contributed by atoms with E-state index in [1.807, 2.05) is 27.7 Å². The zero-order valence-electron chi connectivity index (χ0n) is 15.9. The van der Waals surface area contributed by atoms with E-state index < -0.39 is 5.60 Å². The summed E-state index contributed by atoms with van der Waals surface area (Å²) in [5.41, 5.74) is -0.474. The van der Waals surface area contributed by atoms with Crippen LogP contribution in [0.5, 0.6) is 0 Å². The largest absolute Gasteiger partial charge is 0.444 e. The van der Waals surface area contributed by atoms with E-state index in [0.717, 1.165) is 12.5 Å². The molecule has 7 heteroatoms. The molecule has 0 aliphatic heterocycles. The minimum absolute atomic E-state index is 0. The lowest BCUT2D eigenvalue weighted by atomic mass is 10.1. The van der Waals surface area contributed by atoms with Crippen LogP contribution in [0.15, 0.2) is 4.99 Å². The molecule has 0 radical (unpaired) electrons. The molecule has 6 nitrogen and oxygen atoms in total. The Hall–Kier alpha value is -0.730. The molecule has 0 aliphatic carbocycles. The first kappa shape index (κ1) is 24.5. The second-order valence-corrected chi connectivity index (χ2v) is 6.84. The van der Waals surface area contributed by atoms with E-state index in [-0.39, 0.29) is 30.1 Å². The van der Waals surface area contributed by atoms with Gasteiger partial charge in [0.05, 0.1) is 6.54 Å². The number of likely N-dealkylation sites (N-methyl/N-ethyl adjacent to an activating group) is 1. The molecule has 2 N–H and O–H groups in total. The van der Waals surface area contributed by atoms with Gasteiger partial charge >= 0.3 is 6.09 Å². The molecule has 0 bridgehead atoms. The second-order valence-electron chi connectivity index (χ2n) is 6.84. The van der Waals surface area contributed by atoms with Crippen LogP contribution in [0.3, 0.4) is 0 Å². The highest BCUT2D eigenvalue weighted by Gasteiger charge is 2.19. The van der Waals surface area contributed by atoms with Crippen LogP contribution in [-0.4, -0.2) is 55.3 Å². The third kappa shape index (κ3) is 12.4. The maximum Gasteiger partial charge on any atom is 0.410 e. The highest BCUT2D eigenvalue weighted by atomic mass is 127. The first-order chi connectivity index (χ1) is 10.1. The zero-order chi connectivity index (χ0) is 17.3. The smallest absolute Gasteiger partial charge is 0.410 e. The van der Waals surface area contributed by atoms with Gasteiger partial charge in [-0.15, -0.1) is 24.0 Å². The quantitative estimate of drug-likeness (QED) is 0.377. The summed E-state index contributed by atoms with van der Waals surface area (Å²) in [5, 5.41) is 6.58. The normalized spacial score (nSPS) is 13.2. The summed E-state index contributed by atoms with van der Waals surface area (Å²) in [6.45, 7) is 15.9. The van der Waals surface area contributed by atoms with Crippen LogP contribution in [0, 0.1) is 5.92 Å². The van der Waals surface area contributed by atoms with Crippen molar-refractivity contribution in [3.05, 3.63) is 0 Å². The van der Waals surface area contributed by atoms with Gasteiger partial charge in [0.2, 0.25) is 0 Å². The molecule has 0 rings (SSSR count). The number of hydrogen-bond acceptors (Lipinski definition) is 3. The number of carbonyl (C=O) groups is 1. The molecule has 1 unspecified atom stereocenters. The van der Waals surface area contributed by atoms with E-state index >= 15 is 0 Å². The molecular weight excluding hydrogens is 407 g/mol. The summed E-state index contributed by atoms with van der Waals surface area (Å²) in [5.74, 6) is 1.30. The molecule has 0 aromatic rings. The zero-order valence-corrected chi connectivity index (χ0v) is 18.2. The Balaban J connectivity index is 0. The second kappa shape index (κ2) is 11.8. The van der Waals surface area contributed by atoms with Crippen LogP contribution in [0.2, 0.25) is 0 Å². The maximum atomic E-state index is 11.9. The molecule has 0 aromatic carbocycles. The van der Waals surface area contributed by atoms with Crippen molar-refractivity contribution in [2.75, 3.05) is 26.7 Å². The van der Waals surface area contributed by atoms with Gasteiger partial charge in [-0.3, -0.25) is 4.99 Å². The SMILES string of the molecule is CCNC(=NCCN(C)C(=O)OC(C)(C)C)NC(C)C(C)C.I. The Bertz CT molecular complexity index is 368. The van der Waals surface area contributed by atoms with Gasteiger partial charge in [-0.2, -0.15) is 0 Å². The van der Waals surface area contributed by atoms with Gasteiger partial charge in [-0.25, -0.2) is 4.79 Å². The number of guanidine groups is 1. The molecule has 1 atom stereocenters. The van der Waals surface area contributed by atoms with Crippen molar-refractivity contribution in [2.24, 2.45) is 10.9 Å². The third-order valence-electron chi connectivity index (χ3n) is 3.12. The Labute approximate surface area is 158 Å². The number of hydrogen-bond donors (Lipinski definition) is 2. The van der Waals surface area contributed by atoms with Crippen molar-refractivity contribution < 1.29 is 9.53 Å². The third-order valence-corrected chi connectivity index (χ3v) is 3.12. The van der Waals surface area contributed by atoms with Crippen LogP contribution in [-0.2, 0) is 4.74 Å². The Morgan fingerprint density at radius 1 is 1.26 bits per heavy atom. The molecule has 0 heterocycles. The molecule has 0 aromatic heterocycles. The predicted molar refractivity (Wildman–Crippen MR) is 108 cm³/mol. The monoisotopic (exact) mass is 442 g/mol. The van der Waals surface area contributed by atoms with E-state index in [0.29, 0.717) is 25.0 Å². The summed E-state index contributed by atoms with van der Waals surface area (Å²) in [6.07, 6.45) is -0.323. The van der Waals surface area contributed by atoms with Crippen LogP contribution in [0.4, 0.5) is 4.79 Å². The number of aliphatic imine (C=N–C) groups is 1. The number of amides is 1. The van der Waals surface area contributed by atoms with E-state index in [4.69, 9.17) is 4.74 Å². The van der Waals surface area contributed by atoms with Crippen molar-refractivity contribution in [1.29, 1.82) is 0 Å². The summed E-state index contributed by atoms with van der Waals surface area (Å²) in [4.78, 5) is 17.9. The number of nitrogens with zero attached hydrogens (tertiary/aromatic N) is 2. The lowest BCUT2D eigenvalue weighted by Crippen LogP contribution is -2.44. The molecule has 0 saturated carbocycles.